The molecule has 3 aromatic rings. The fourth-order valence-electron chi connectivity index (χ4n) is 2.17. The number of nitrogens with zero attached hydrogens (tertiary/aromatic N) is 2. The lowest BCUT2D eigenvalue weighted by molar-refractivity contribution is 0.598. The molecule has 0 unspecified atom stereocenters. The second-order valence-corrected chi connectivity index (χ2v) is 7.50. The van der Waals surface area contributed by atoms with Gasteiger partial charge in [-0.15, -0.1) is 0 Å². The highest BCUT2D eigenvalue weighted by Crippen LogP contribution is 2.27. The average molecular weight is 380 g/mol. The van der Waals surface area contributed by atoms with Crippen LogP contribution in [0.3, 0.4) is 0 Å². The van der Waals surface area contributed by atoms with Gasteiger partial charge in [0.15, 0.2) is 5.03 Å². The predicted octanol–water partition coefficient (Wildman–Crippen LogP) is 3.45. The summed E-state index contributed by atoms with van der Waals surface area (Å²) in [6, 6.07) is 11.2. The number of fused-ring (bicyclic) bond motifs is 1. The number of hydrogen-bond acceptors (Lipinski definition) is 3. The van der Waals surface area contributed by atoms with Gasteiger partial charge in [-0.2, -0.15) is 8.42 Å². The summed E-state index contributed by atoms with van der Waals surface area (Å²) in [5, 5.41) is 1.99. The first-order chi connectivity index (χ1) is 10.4. The van der Waals surface area contributed by atoms with Crippen molar-refractivity contribution in [2.75, 3.05) is 4.72 Å². The molecule has 1 aromatic heterocycles. The second-order valence-electron chi connectivity index (χ2n) is 5.02. The summed E-state index contributed by atoms with van der Waals surface area (Å²) in [5.74, 6) is 0.641. The van der Waals surface area contributed by atoms with Gasteiger partial charge in [0.2, 0.25) is 0 Å². The minimum atomic E-state index is -3.69. The third-order valence-corrected chi connectivity index (χ3v) is 5.38. The molecule has 0 bridgehead atoms. The lowest BCUT2D eigenvalue weighted by Gasteiger charge is -2.07. The Morgan fingerprint density at radius 1 is 1.23 bits per heavy atom. The fourth-order valence-corrected chi connectivity index (χ4v) is 3.78. The summed E-state index contributed by atoms with van der Waals surface area (Å²) < 4.78 is 30.0. The smallest absolute Gasteiger partial charge is 0.280 e. The SMILES string of the molecule is Cc1nc(S(=O)(=O)Nc2ccc3c(Br)cccc3c2)cn1C. The van der Waals surface area contributed by atoms with Gasteiger partial charge in [-0.05, 0) is 35.9 Å². The first kappa shape index (κ1) is 15.1. The molecule has 22 heavy (non-hydrogen) atoms. The van der Waals surface area contributed by atoms with Crippen LogP contribution in [0.4, 0.5) is 5.69 Å². The van der Waals surface area contributed by atoms with Crippen LogP contribution in [0, 0.1) is 6.92 Å². The van der Waals surface area contributed by atoms with E-state index in [-0.39, 0.29) is 5.03 Å². The van der Waals surface area contributed by atoms with Gasteiger partial charge in [-0.25, -0.2) is 4.98 Å². The molecule has 3 rings (SSSR count). The Labute approximate surface area is 137 Å². The molecular weight excluding hydrogens is 366 g/mol. The minimum Gasteiger partial charge on any atom is -0.337 e. The van der Waals surface area contributed by atoms with Crippen molar-refractivity contribution >= 4 is 42.4 Å². The summed E-state index contributed by atoms with van der Waals surface area (Å²) in [4.78, 5) is 4.06. The summed E-state index contributed by atoms with van der Waals surface area (Å²) >= 11 is 3.48. The number of imidazole rings is 1. The number of benzene rings is 2. The summed E-state index contributed by atoms with van der Waals surface area (Å²) in [7, 11) is -1.93. The molecule has 0 aliphatic carbocycles. The molecule has 0 aliphatic rings. The molecule has 0 fully saturated rings. The van der Waals surface area contributed by atoms with Crippen LogP contribution < -0.4 is 4.72 Å². The van der Waals surface area contributed by atoms with E-state index in [1.165, 1.54) is 6.20 Å². The first-order valence-corrected chi connectivity index (χ1v) is 8.85. The van der Waals surface area contributed by atoms with Crippen molar-refractivity contribution in [3.05, 3.63) is 52.9 Å². The van der Waals surface area contributed by atoms with Gasteiger partial charge in [-0.1, -0.05) is 34.1 Å². The maximum absolute atomic E-state index is 12.4. The zero-order valence-corrected chi connectivity index (χ0v) is 14.4. The van der Waals surface area contributed by atoms with E-state index in [1.807, 2.05) is 24.3 Å². The third-order valence-electron chi connectivity index (χ3n) is 3.44. The summed E-state index contributed by atoms with van der Waals surface area (Å²) in [6.45, 7) is 1.76. The molecule has 1 N–H and O–H groups in total. The van der Waals surface area contributed by atoms with E-state index in [0.717, 1.165) is 15.2 Å². The molecule has 0 radical (unpaired) electrons. The van der Waals surface area contributed by atoms with E-state index in [2.05, 4.69) is 25.6 Å². The zero-order valence-electron chi connectivity index (χ0n) is 12.0. The maximum Gasteiger partial charge on any atom is 0.280 e. The number of halogens is 1. The van der Waals surface area contributed by atoms with Crippen molar-refractivity contribution < 1.29 is 8.42 Å². The zero-order chi connectivity index (χ0) is 15.9. The van der Waals surface area contributed by atoms with Crippen LogP contribution >= 0.6 is 15.9 Å². The van der Waals surface area contributed by atoms with Crippen LogP contribution in [0.1, 0.15) is 5.82 Å². The van der Waals surface area contributed by atoms with E-state index in [4.69, 9.17) is 0 Å². The predicted molar refractivity (Wildman–Crippen MR) is 90.4 cm³/mol. The van der Waals surface area contributed by atoms with Gasteiger partial charge in [-0.3, -0.25) is 4.72 Å². The highest BCUT2D eigenvalue weighted by atomic mass is 79.9. The van der Waals surface area contributed by atoms with Gasteiger partial charge in [0, 0.05) is 23.4 Å². The van der Waals surface area contributed by atoms with Crippen LogP contribution in [-0.4, -0.2) is 18.0 Å². The van der Waals surface area contributed by atoms with Gasteiger partial charge >= 0.3 is 0 Å². The summed E-state index contributed by atoms with van der Waals surface area (Å²) in [5.41, 5.74) is 0.508. The molecule has 0 saturated heterocycles. The molecular formula is C15H14BrN3O2S. The Kier molecular flexibility index (Phi) is 3.70. The van der Waals surface area contributed by atoms with Crippen LogP contribution in [0.2, 0.25) is 0 Å². The van der Waals surface area contributed by atoms with E-state index < -0.39 is 10.0 Å². The van der Waals surface area contributed by atoms with Gasteiger partial charge in [0.25, 0.3) is 10.0 Å². The van der Waals surface area contributed by atoms with E-state index in [9.17, 15) is 8.42 Å². The Bertz CT molecular complexity index is 945. The van der Waals surface area contributed by atoms with E-state index in [0.29, 0.717) is 11.5 Å². The molecule has 7 heteroatoms. The fraction of sp³-hybridized carbons (Fsp3) is 0.133. The molecule has 0 aliphatic heterocycles. The van der Waals surface area contributed by atoms with Gasteiger partial charge < -0.3 is 4.57 Å². The Morgan fingerprint density at radius 2 is 2.00 bits per heavy atom. The lowest BCUT2D eigenvalue weighted by atomic mass is 10.1. The van der Waals surface area contributed by atoms with E-state index >= 15 is 0 Å². The van der Waals surface area contributed by atoms with Gasteiger partial charge in [0.05, 0.1) is 0 Å². The molecule has 1 heterocycles. The lowest BCUT2D eigenvalue weighted by Crippen LogP contribution is -2.13. The third kappa shape index (κ3) is 2.74. The number of aromatic nitrogens is 2. The topological polar surface area (TPSA) is 64.0 Å². The number of anilines is 1. The van der Waals surface area contributed by atoms with Crippen molar-refractivity contribution in [3.63, 3.8) is 0 Å². The molecule has 0 amide bonds. The van der Waals surface area contributed by atoms with Crippen molar-refractivity contribution in [2.45, 2.75) is 11.9 Å². The van der Waals surface area contributed by atoms with Crippen molar-refractivity contribution in [1.29, 1.82) is 0 Å². The Balaban J connectivity index is 1.98. The number of aryl methyl sites for hydroxylation is 2. The van der Waals surface area contributed by atoms with Crippen molar-refractivity contribution in [3.8, 4) is 0 Å². The van der Waals surface area contributed by atoms with Crippen LogP contribution in [-0.2, 0) is 17.1 Å². The normalized spacial score (nSPS) is 11.8. The van der Waals surface area contributed by atoms with E-state index in [1.54, 1.807) is 30.7 Å². The largest absolute Gasteiger partial charge is 0.337 e. The average Bonchev–Trinajstić information content (AvgIpc) is 2.79. The molecule has 0 atom stereocenters. The number of sulfonamides is 1. The van der Waals surface area contributed by atoms with Crippen LogP contribution in [0.25, 0.3) is 10.8 Å². The molecule has 2 aromatic carbocycles. The van der Waals surface area contributed by atoms with Crippen LogP contribution in [0.15, 0.2) is 52.1 Å². The second kappa shape index (κ2) is 5.40. The number of rotatable bonds is 3. The Morgan fingerprint density at radius 3 is 2.68 bits per heavy atom. The highest BCUT2D eigenvalue weighted by molar-refractivity contribution is 9.10. The number of nitrogens with one attached hydrogen (secondary N) is 1. The highest BCUT2D eigenvalue weighted by Gasteiger charge is 2.18. The molecule has 0 saturated carbocycles. The summed E-state index contributed by atoms with van der Waals surface area (Å²) in [6.07, 6.45) is 1.50. The first-order valence-electron chi connectivity index (χ1n) is 6.58. The molecule has 114 valence electrons. The maximum atomic E-state index is 12.4. The standard InChI is InChI=1S/C15H14BrN3O2S/c1-10-17-15(9-19(10)2)22(20,21)18-12-6-7-13-11(8-12)4-3-5-14(13)16/h3-9,18H,1-2H3. The molecule has 5 nitrogen and oxygen atoms in total. The Hall–Kier alpha value is -1.86. The molecule has 0 spiro atoms. The monoisotopic (exact) mass is 379 g/mol. The van der Waals surface area contributed by atoms with Crippen molar-refractivity contribution in [1.82, 2.24) is 9.55 Å². The van der Waals surface area contributed by atoms with Gasteiger partial charge in [0.1, 0.15) is 5.82 Å². The minimum absolute atomic E-state index is 0.0156. The van der Waals surface area contributed by atoms with Crippen molar-refractivity contribution in [2.24, 2.45) is 7.05 Å². The number of hydrogen-bond donors (Lipinski definition) is 1. The quantitative estimate of drug-likeness (QED) is 0.757. The van der Waals surface area contributed by atoms with Crippen LogP contribution in [0.5, 0.6) is 0 Å².